The Bertz CT molecular complexity index is 1360. The van der Waals surface area contributed by atoms with Crippen molar-refractivity contribution in [2.45, 2.75) is 6.92 Å². The summed E-state index contributed by atoms with van der Waals surface area (Å²) in [5.74, 6) is 0.653. The van der Waals surface area contributed by atoms with Crippen molar-refractivity contribution < 1.29 is 18.7 Å². The lowest BCUT2D eigenvalue weighted by Crippen LogP contribution is -2.12. The van der Waals surface area contributed by atoms with Crippen LogP contribution in [0.15, 0.2) is 57.7 Å². The van der Waals surface area contributed by atoms with E-state index >= 15 is 0 Å². The third-order valence-corrected chi connectivity index (χ3v) is 5.26. The molecule has 0 fully saturated rings. The molecule has 4 rings (SSSR count). The van der Waals surface area contributed by atoms with Gasteiger partial charge in [0.2, 0.25) is 5.43 Å². The van der Waals surface area contributed by atoms with Crippen molar-refractivity contribution in [3.05, 3.63) is 74.9 Å². The van der Waals surface area contributed by atoms with Gasteiger partial charge in [0.25, 0.3) is 5.91 Å². The molecule has 30 heavy (non-hydrogen) atoms. The Labute approximate surface area is 177 Å². The Hall–Kier alpha value is -3.51. The van der Waals surface area contributed by atoms with Gasteiger partial charge in [-0.2, -0.15) is 0 Å². The number of rotatable bonds is 4. The van der Waals surface area contributed by atoms with Crippen LogP contribution in [0.4, 0.5) is 5.69 Å². The second-order valence-corrected chi connectivity index (χ2v) is 7.17. The number of methoxy groups -OCH3 is 2. The number of benzene rings is 3. The van der Waals surface area contributed by atoms with Crippen LogP contribution in [0.2, 0.25) is 5.02 Å². The van der Waals surface area contributed by atoms with Gasteiger partial charge in [0.15, 0.2) is 11.5 Å². The molecule has 0 unspecified atom stereocenters. The number of carbonyl (C=O) groups is 1. The van der Waals surface area contributed by atoms with E-state index in [0.29, 0.717) is 49.7 Å². The predicted molar refractivity (Wildman–Crippen MR) is 117 cm³/mol. The Morgan fingerprint density at radius 3 is 2.40 bits per heavy atom. The highest BCUT2D eigenvalue weighted by Gasteiger charge is 2.14. The zero-order valence-corrected chi connectivity index (χ0v) is 17.3. The van der Waals surface area contributed by atoms with Crippen LogP contribution >= 0.6 is 11.6 Å². The summed E-state index contributed by atoms with van der Waals surface area (Å²) in [5.41, 5.74) is 2.35. The van der Waals surface area contributed by atoms with Crippen LogP contribution in [0.5, 0.6) is 11.5 Å². The van der Waals surface area contributed by atoms with Gasteiger partial charge < -0.3 is 19.2 Å². The second kappa shape index (κ2) is 7.72. The van der Waals surface area contributed by atoms with Gasteiger partial charge >= 0.3 is 0 Å². The molecule has 1 heterocycles. The SMILES string of the molecule is COc1ccc(C(=O)Nc2ccc3c(=O)c4cc(Cl)c(C)cc4oc3c2)cc1OC. The highest BCUT2D eigenvalue weighted by atomic mass is 35.5. The minimum Gasteiger partial charge on any atom is -0.493 e. The van der Waals surface area contributed by atoms with E-state index in [1.54, 1.807) is 48.5 Å². The number of halogens is 1. The minimum absolute atomic E-state index is 0.175. The first-order chi connectivity index (χ1) is 14.4. The van der Waals surface area contributed by atoms with Crippen molar-refractivity contribution in [3.8, 4) is 11.5 Å². The molecule has 0 aliphatic carbocycles. The Morgan fingerprint density at radius 2 is 1.67 bits per heavy atom. The van der Waals surface area contributed by atoms with E-state index in [9.17, 15) is 9.59 Å². The molecule has 0 atom stereocenters. The first-order valence-corrected chi connectivity index (χ1v) is 9.49. The quantitative estimate of drug-likeness (QED) is 0.458. The van der Waals surface area contributed by atoms with E-state index in [2.05, 4.69) is 5.32 Å². The number of ether oxygens (including phenoxy) is 2. The van der Waals surface area contributed by atoms with E-state index in [1.807, 2.05) is 6.92 Å². The molecule has 6 nitrogen and oxygen atoms in total. The molecule has 0 aliphatic heterocycles. The van der Waals surface area contributed by atoms with Crippen LogP contribution in [0.3, 0.4) is 0 Å². The highest BCUT2D eigenvalue weighted by Crippen LogP contribution is 2.29. The van der Waals surface area contributed by atoms with Gasteiger partial charge in [-0.1, -0.05) is 11.6 Å². The maximum Gasteiger partial charge on any atom is 0.255 e. The fraction of sp³-hybridized carbons (Fsp3) is 0.130. The van der Waals surface area contributed by atoms with Gasteiger partial charge in [0, 0.05) is 22.3 Å². The number of hydrogen-bond donors (Lipinski definition) is 1. The Balaban J connectivity index is 1.71. The molecule has 7 heteroatoms. The standard InChI is InChI=1S/C23H18ClNO5/c1-12-8-19-16(11-17(12)24)22(26)15-6-5-14(10-20(15)30-19)25-23(27)13-4-7-18(28-2)21(9-13)29-3/h4-11H,1-3H3,(H,25,27). The largest absolute Gasteiger partial charge is 0.493 e. The first kappa shape index (κ1) is 19.8. The van der Waals surface area contributed by atoms with Crippen molar-refractivity contribution in [3.63, 3.8) is 0 Å². The van der Waals surface area contributed by atoms with E-state index in [0.717, 1.165) is 5.56 Å². The lowest BCUT2D eigenvalue weighted by molar-refractivity contribution is 0.102. The number of nitrogens with one attached hydrogen (secondary N) is 1. The summed E-state index contributed by atoms with van der Waals surface area (Å²) in [4.78, 5) is 25.5. The maximum atomic E-state index is 12.8. The lowest BCUT2D eigenvalue weighted by atomic mass is 10.1. The maximum absolute atomic E-state index is 12.8. The number of fused-ring (bicyclic) bond motifs is 2. The molecule has 4 aromatic rings. The van der Waals surface area contributed by atoms with Crippen LogP contribution in [0.1, 0.15) is 15.9 Å². The van der Waals surface area contributed by atoms with Crippen molar-refractivity contribution in [1.29, 1.82) is 0 Å². The van der Waals surface area contributed by atoms with Gasteiger partial charge in [0.1, 0.15) is 11.2 Å². The van der Waals surface area contributed by atoms with Crippen LogP contribution in [0, 0.1) is 6.92 Å². The van der Waals surface area contributed by atoms with Crippen LogP contribution in [-0.2, 0) is 0 Å². The summed E-state index contributed by atoms with van der Waals surface area (Å²) < 4.78 is 16.3. The molecule has 0 bridgehead atoms. The Kier molecular flexibility index (Phi) is 5.10. The van der Waals surface area contributed by atoms with Crippen LogP contribution in [-0.4, -0.2) is 20.1 Å². The average Bonchev–Trinajstić information content (AvgIpc) is 2.74. The van der Waals surface area contributed by atoms with E-state index in [1.165, 1.54) is 14.2 Å². The van der Waals surface area contributed by atoms with E-state index < -0.39 is 0 Å². The molecule has 1 aromatic heterocycles. The third-order valence-electron chi connectivity index (χ3n) is 4.86. The Morgan fingerprint density at radius 1 is 0.933 bits per heavy atom. The topological polar surface area (TPSA) is 77.8 Å². The number of hydrogen-bond acceptors (Lipinski definition) is 5. The normalized spacial score (nSPS) is 10.9. The summed E-state index contributed by atoms with van der Waals surface area (Å²) in [7, 11) is 3.03. The summed E-state index contributed by atoms with van der Waals surface area (Å²) >= 11 is 6.15. The third kappa shape index (κ3) is 3.46. The molecule has 152 valence electrons. The highest BCUT2D eigenvalue weighted by molar-refractivity contribution is 6.32. The van der Waals surface area contributed by atoms with Gasteiger partial charge in [-0.3, -0.25) is 9.59 Å². The monoisotopic (exact) mass is 423 g/mol. The fourth-order valence-electron chi connectivity index (χ4n) is 3.23. The van der Waals surface area contributed by atoms with Gasteiger partial charge in [0.05, 0.1) is 25.0 Å². The lowest BCUT2D eigenvalue weighted by Gasteiger charge is -2.10. The van der Waals surface area contributed by atoms with Crippen molar-refractivity contribution in [1.82, 2.24) is 0 Å². The van der Waals surface area contributed by atoms with Crippen LogP contribution in [0.25, 0.3) is 21.9 Å². The molecular weight excluding hydrogens is 406 g/mol. The van der Waals surface area contributed by atoms with Crippen molar-refractivity contribution >= 4 is 45.1 Å². The number of aryl methyl sites for hydroxylation is 1. The molecule has 3 aromatic carbocycles. The average molecular weight is 424 g/mol. The van der Waals surface area contributed by atoms with Crippen molar-refractivity contribution in [2.75, 3.05) is 19.5 Å². The molecule has 0 spiro atoms. The molecular formula is C23H18ClNO5. The summed E-state index contributed by atoms with van der Waals surface area (Å²) in [5, 5.41) is 4.14. The predicted octanol–water partition coefficient (Wildman–Crippen LogP) is 5.18. The first-order valence-electron chi connectivity index (χ1n) is 9.11. The molecule has 0 saturated carbocycles. The molecule has 0 aliphatic rings. The molecule has 0 saturated heterocycles. The van der Waals surface area contributed by atoms with Gasteiger partial charge in [-0.25, -0.2) is 0 Å². The second-order valence-electron chi connectivity index (χ2n) is 6.76. The zero-order chi connectivity index (χ0) is 21.4. The van der Waals surface area contributed by atoms with Crippen LogP contribution < -0.4 is 20.2 Å². The van der Waals surface area contributed by atoms with E-state index in [-0.39, 0.29) is 11.3 Å². The summed E-state index contributed by atoms with van der Waals surface area (Å²) in [6.07, 6.45) is 0. The smallest absolute Gasteiger partial charge is 0.255 e. The number of anilines is 1. The number of carbonyl (C=O) groups excluding carboxylic acids is 1. The fourth-order valence-corrected chi connectivity index (χ4v) is 3.40. The van der Waals surface area contributed by atoms with Crippen molar-refractivity contribution in [2.24, 2.45) is 0 Å². The van der Waals surface area contributed by atoms with Gasteiger partial charge in [-0.15, -0.1) is 0 Å². The molecule has 1 N–H and O–H groups in total. The number of amides is 1. The summed E-state index contributed by atoms with van der Waals surface area (Å²) in [6, 6.07) is 13.1. The van der Waals surface area contributed by atoms with Gasteiger partial charge in [-0.05, 0) is 55.0 Å². The molecule has 0 radical (unpaired) electrons. The minimum atomic E-state index is -0.332. The summed E-state index contributed by atoms with van der Waals surface area (Å²) in [6.45, 7) is 1.84. The zero-order valence-electron chi connectivity index (χ0n) is 16.5. The molecule has 1 amide bonds. The van der Waals surface area contributed by atoms with E-state index in [4.69, 9.17) is 25.5 Å².